The van der Waals surface area contributed by atoms with Gasteiger partial charge in [-0.05, 0) is 0 Å². The summed E-state index contributed by atoms with van der Waals surface area (Å²) in [7, 11) is -0.645. The van der Waals surface area contributed by atoms with E-state index in [9.17, 15) is 20.4 Å². The van der Waals surface area contributed by atoms with Crippen molar-refractivity contribution in [1.29, 1.82) is 0 Å². The van der Waals surface area contributed by atoms with Gasteiger partial charge in [-0.3, -0.25) is 0 Å². The van der Waals surface area contributed by atoms with Crippen LogP contribution in [0.1, 0.15) is 11.1 Å². The van der Waals surface area contributed by atoms with Gasteiger partial charge in [-0.2, -0.15) is 0 Å². The molecule has 0 amide bonds. The van der Waals surface area contributed by atoms with Gasteiger partial charge in [0.2, 0.25) is 0 Å². The van der Waals surface area contributed by atoms with Crippen molar-refractivity contribution in [3.63, 3.8) is 0 Å². The van der Waals surface area contributed by atoms with Crippen molar-refractivity contribution in [2.75, 3.05) is 0 Å². The molecule has 4 nitrogen and oxygen atoms in total. The van der Waals surface area contributed by atoms with E-state index < -0.39 is 19.8 Å². The molecule has 0 aromatic heterocycles. The summed E-state index contributed by atoms with van der Waals surface area (Å²) in [5.74, 6) is 0. The van der Waals surface area contributed by atoms with E-state index in [0.717, 1.165) is 0 Å². The zero-order valence-electron chi connectivity index (χ0n) is 10.3. The molecule has 0 spiro atoms. The van der Waals surface area contributed by atoms with E-state index in [1.807, 2.05) is 0 Å². The minimum absolute atomic E-state index is 0.207. The van der Waals surface area contributed by atoms with E-state index in [2.05, 4.69) is 0 Å². The van der Waals surface area contributed by atoms with Crippen LogP contribution in [0.3, 0.4) is 0 Å². The van der Waals surface area contributed by atoms with Crippen LogP contribution in [0.15, 0.2) is 60.7 Å². The predicted molar refractivity (Wildman–Crippen MR) is 70.9 cm³/mol. The van der Waals surface area contributed by atoms with Crippen LogP contribution >= 0.6 is 0 Å². The first-order chi connectivity index (χ1) is 8.92. The second-order valence-electron chi connectivity index (χ2n) is 4.54. The molecule has 2 aromatic rings. The number of benzene rings is 2. The van der Waals surface area contributed by atoms with Crippen LogP contribution in [0.25, 0.3) is 0 Å². The van der Waals surface area contributed by atoms with E-state index in [1.165, 1.54) is 24.3 Å². The maximum atomic E-state index is 10.0. The first kappa shape index (κ1) is 13.9. The summed E-state index contributed by atoms with van der Waals surface area (Å²) in [5.41, 5.74) is -4.22. The molecular weight excluding hydrogens is 241 g/mol. The molecule has 0 unspecified atom stereocenters. The SMILES string of the molecule is O[C](O)([Be][C](O)(O)c1ccccc1)c1ccccc1. The van der Waals surface area contributed by atoms with E-state index in [0.29, 0.717) is 0 Å². The van der Waals surface area contributed by atoms with Crippen molar-refractivity contribution in [3.05, 3.63) is 71.8 Å². The Morgan fingerprint density at radius 3 is 1.21 bits per heavy atom. The summed E-state index contributed by atoms with van der Waals surface area (Å²) in [6, 6.07) is 16.1. The van der Waals surface area contributed by atoms with Crippen molar-refractivity contribution in [2.45, 2.75) is 11.0 Å². The van der Waals surface area contributed by atoms with Crippen LogP contribution < -0.4 is 0 Å². The third kappa shape index (κ3) is 3.26. The molecule has 2 aromatic carbocycles. The number of hydrogen-bond acceptors (Lipinski definition) is 4. The monoisotopic (exact) mass is 255 g/mol. The third-order valence-corrected chi connectivity index (χ3v) is 2.97. The van der Waals surface area contributed by atoms with Crippen LogP contribution in [-0.4, -0.2) is 29.2 Å². The molecule has 0 heterocycles. The average Bonchev–Trinajstić information content (AvgIpc) is 2.40. The molecule has 0 fully saturated rings. The quantitative estimate of drug-likeness (QED) is 0.467. The van der Waals surface area contributed by atoms with Gasteiger partial charge in [-0.15, -0.1) is 0 Å². The second-order valence-corrected chi connectivity index (χ2v) is 4.54. The first-order valence-electron chi connectivity index (χ1n) is 5.92. The zero-order chi connectivity index (χ0) is 13.9. The fourth-order valence-corrected chi connectivity index (χ4v) is 1.96. The molecule has 2 rings (SSSR count). The van der Waals surface area contributed by atoms with Crippen molar-refractivity contribution in [2.24, 2.45) is 0 Å². The molecule has 0 atom stereocenters. The molecule has 0 saturated carbocycles. The van der Waals surface area contributed by atoms with Crippen LogP contribution in [-0.2, 0) is 11.0 Å². The molecule has 0 aliphatic rings. The Bertz CT molecular complexity index is 476. The van der Waals surface area contributed by atoms with Crippen LogP contribution in [0.2, 0.25) is 0 Å². The Morgan fingerprint density at radius 1 is 0.579 bits per heavy atom. The Labute approximate surface area is 112 Å². The minimum atomic E-state index is -2.32. The summed E-state index contributed by atoms with van der Waals surface area (Å²) in [4.78, 5) is 0. The molecule has 0 radical (unpaired) electrons. The average molecular weight is 255 g/mol. The van der Waals surface area contributed by atoms with Gasteiger partial charge >= 0.3 is 112 Å². The normalized spacial score (nSPS) is 12.0. The van der Waals surface area contributed by atoms with Crippen LogP contribution in [0, 0.1) is 0 Å². The van der Waals surface area contributed by atoms with E-state index >= 15 is 0 Å². The van der Waals surface area contributed by atoms with Crippen LogP contribution in [0.5, 0.6) is 0 Å². The van der Waals surface area contributed by atoms with Crippen molar-refractivity contribution in [1.82, 2.24) is 0 Å². The van der Waals surface area contributed by atoms with Gasteiger partial charge in [-0.25, -0.2) is 0 Å². The summed E-state index contributed by atoms with van der Waals surface area (Å²) >= 11 is 0. The van der Waals surface area contributed by atoms with Gasteiger partial charge in [0.25, 0.3) is 0 Å². The number of rotatable bonds is 4. The van der Waals surface area contributed by atoms with Gasteiger partial charge < -0.3 is 0 Å². The molecule has 0 bridgehead atoms. The molecule has 96 valence electrons. The Morgan fingerprint density at radius 2 is 0.895 bits per heavy atom. The Kier molecular flexibility index (Phi) is 3.80. The van der Waals surface area contributed by atoms with Gasteiger partial charge in [0.1, 0.15) is 0 Å². The van der Waals surface area contributed by atoms with Crippen molar-refractivity contribution >= 4 is 8.78 Å². The summed E-state index contributed by atoms with van der Waals surface area (Å²) < 4.78 is 0. The second kappa shape index (κ2) is 5.21. The molecular formula is C14H14BeO4. The standard InChI is InChI=1S/2C7H7O2.Be/c2*8-7(9)6-4-2-1-3-5-6;/h2*1-5,8-9H;. The molecule has 0 aliphatic heterocycles. The predicted octanol–water partition coefficient (Wildman–Crippen LogP) is 0.281. The summed E-state index contributed by atoms with van der Waals surface area (Å²) in [6.45, 7) is 0. The van der Waals surface area contributed by atoms with Gasteiger partial charge in [0.05, 0.1) is 0 Å². The van der Waals surface area contributed by atoms with Gasteiger partial charge in [0.15, 0.2) is 0 Å². The van der Waals surface area contributed by atoms with Crippen molar-refractivity contribution in [3.8, 4) is 0 Å². The van der Waals surface area contributed by atoms with Gasteiger partial charge in [-0.1, -0.05) is 0 Å². The van der Waals surface area contributed by atoms with E-state index in [-0.39, 0.29) is 11.1 Å². The first-order valence-corrected chi connectivity index (χ1v) is 5.92. The third-order valence-electron chi connectivity index (χ3n) is 2.97. The maximum absolute atomic E-state index is 10.0. The van der Waals surface area contributed by atoms with Crippen molar-refractivity contribution < 1.29 is 20.4 Å². The summed E-state index contributed by atoms with van der Waals surface area (Å²) in [6.07, 6.45) is 0. The zero-order valence-corrected chi connectivity index (χ0v) is 10.3. The fourth-order valence-electron chi connectivity index (χ4n) is 1.96. The molecule has 0 saturated heterocycles. The van der Waals surface area contributed by atoms with Gasteiger partial charge in [0, 0.05) is 0 Å². The summed E-state index contributed by atoms with van der Waals surface area (Å²) in [5, 5.41) is 40.1. The van der Waals surface area contributed by atoms with E-state index in [1.54, 1.807) is 36.4 Å². The molecule has 5 heteroatoms. The topological polar surface area (TPSA) is 80.9 Å². The van der Waals surface area contributed by atoms with Crippen LogP contribution in [0.4, 0.5) is 0 Å². The molecule has 0 aliphatic carbocycles. The Balaban J connectivity index is 2.25. The fraction of sp³-hybridized carbons (Fsp3) is 0.143. The molecule has 19 heavy (non-hydrogen) atoms. The Hall–Kier alpha value is -1.55. The number of aliphatic hydroxyl groups is 4. The number of hydrogen-bond donors (Lipinski definition) is 4. The molecule has 4 N–H and O–H groups in total. The van der Waals surface area contributed by atoms with E-state index in [4.69, 9.17) is 0 Å².